The largest absolute Gasteiger partial charge is 0.497 e. The van der Waals surface area contributed by atoms with Crippen molar-refractivity contribution in [1.82, 2.24) is 0 Å². The molecule has 0 fully saturated rings. The monoisotopic (exact) mass is 503 g/mol. The summed E-state index contributed by atoms with van der Waals surface area (Å²) in [5.41, 5.74) is 1.95. The Bertz CT molecular complexity index is 1390. The number of methoxy groups -OCH3 is 1. The molecule has 3 aromatic rings. The summed E-state index contributed by atoms with van der Waals surface area (Å²) in [5, 5.41) is 2.59. The number of sulfonamides is 2. The van der Waals surface area contributed by atoms with Crippen LogP contribution < -0.4 is 19.1 Å². The molecule has 3 aromatic carbocycles. The zero-order valence-electron chi connectivity index (χ0n) is 18.8. The molecule has 0 aliphatic heterocycles. The predicted molar refractivity (Wildman–Crippen MR) is 132 cm³/mol. The maximum absolute atomic E-state index is 12.6. The lowest BCUT2D eigenvalue weighted by molar-refractivity contribution is -0.114. The van der Waals surface area contributed by atoms with Gasteiger partial charge in [-0.05, 0) is 61.0 Å². The van der Waals surface area contributed by atoms with E-state index in [0.29, 0.717) is 17.1 Å². The highest BCUT2D eigenvalue weighted by Gasteiger charge is 2.22. The second-order valence-corrected chi connectivity index (χ2v) is 11.1. The van der Waals surface area contributed by atoms with Crippen LogP contribution in [0.5, 0.6) is 5.75 Å². The standard InChI is InChI=1S/C23H25N3O6S2/c1-17-6-4-7-19(14-17)25-34(30,31)22-12-10-18(11-13-22)24-23(27)16-26(33(3,28)29)20-8-5-9-21(15-20)32-2/h4-15,25H,16H2,1-3H3,(H,24,27). The fourth-order valence-corrected chi connectivity index (χ4v) is 5.03. The lowest BCUT2D eigenvalue weighted by Gasteiger charge is -2.22. The first-order chi connectivity index (χ1) is 16.0. The van der Waals surface area contributed by atoms with Gasteiger partial charge < -0.3 is 10.1 Å². The summed E-state index contributed by atoms with van der Waals surface area (Å²) < 4.78 is 58.4. The number of carbonyl (C=O) groups is 1. The minimum absolute atomic E-state index is 0.0150. The van der Waals surface area contributed by atoms with E-state index in [4.69, 9.17) is 4.74 Å². The Morgan fingerprint density at radius 2 is 1.59 bits per heavy atom. The topological polar surface area (TPSA) is 122 Å². The normalized spacial score (nSPS) is 11.5. The number of aryl methyl sites for hydroxylation is 1. The van der Waals surface area contributed by atoms with Crippen LogP contribution in [0.25, 0.3) is 0 Å². The van der Waals surface area contributed by atoms with Crippen molar-refractivity contribution < 1.29 is 26.4 Å². The van der Waals surface area contributed by atoms with Crippen molar-refractivity contribution in [2.45, 2.75) is 11.8 Å². The van der Waals surface area contributed by atoms with Gasteiger partial charge in [-0.15, -0.1) is 0 Å². The van der Waals surface area contributed by atoms with Gasteiger partial charge in [0.25, 0.3) is 10.0 Å². The maximum Gasteiger partial charge on any atom is 0.261 e. The van der Waals surface area contributed by atoms with Crippen LogP contribution in [-0.4, -0.2) is 42.7 Å². The lowest BCUT2D eigenvalue weighted by atomic mass is 10.2. The van der Waals surface area contributed by atoms with Crippen LogP contribution in [0.15, 0.2) is 77.7 Å². The second-order valence-electron chi connectivity index (χ2n) is 7.52. The lowest BCUT2D eigenvalue weighted by Crippen LogP contribution is -2.37. The highest BCUT2D eigenvalue weighted by Crippen LogP contribution is 2.23. The molecule has 0 heterocycles. The Morgan fingerprint density at radius 3 is 2.21 bits per heavy atom. The van der Waals surface area contributed by atoms with Gasteiger partial charge in [0.15, 0.2) is 0 Å². The van der Waals surface area contributed by atoms with Gasteiger partial charge in [0.1, 0.15) is 12.3 Å². The van der Waals surface area contributed by atoms with Crippen LogP contribution in [0.3, 0.4) is 0 Å². The van der Waals surface area contributed by atoms with Gasteiger partial charge in [0.2, 0.25) is 15.9 Å². The summed E-state index contributed by atoms with van der Waals surface area (Å²) in [6, 6.07) is 18.9. The maximum atomic E-state index is 12.6. The molecule has 9 nitrogen and oxygen atoms in total. The van der Waals surface area contributed by atoms with E-state index in [9.17, 15) is 21.6 Å². The van der Waals surface area contributed by atoms with E-state index in [1.807, 2.05) is 13.0 Å². The molecular formula is C23H25N3O6S2. The second kappa shape index (κ2) is 10.1. The first-order valence-corrected chi connectivity index (χ1v) is 13.4. The molecule has 0 aromatic heterocycles. The van der Waals surface area contributed by atoms with Crippen molar-refractivity contribution in [2.75, 3.05) is 34.3 Å². The Labute approximate surface area is 199 Å². The molecule has 1 amide bonds. The molecule has 2 N–H and O–H groups in total. The van der Waals surface area contributed by atoms with Gasteiger partial charge >= 0.3 is 0 Å². The third-order valence-corrected chi connectivity index (χ3v) is 7.29. The van der Waals surface area contributed by atoms with Gasteiger partial charge in [-0.1, -0.05) is 18.2 Å². The summed E-state index contributed by atoms with van der Waals surface area (Å²) in [5.74, 6) is -0.149. The SMILES string of the molecule is COc1cccc(N(CC(=O)Nc2ccc(S(=O)(=O)Nc3cccc(C)c3)cc2)S(C)(=O)=O)c1. The molecule has 0 radical (unpaired) electrons. The Morgan fingerprint density at radius 1 is 0.912 bits per heavy atom. The third-order valence-electron chi connectivity index (χ3n) is 4.75. The van der Waals surface area contributed by atoms with Crippen LogP contribution in [0, 0.1) is 6.92 Å². The van der Waals surface area contributed by atoms with E-state index < -0.39 is 32.5 Å². The number of amides is 1. The minimum Gasteiger partial charge on any atom is -0.497 e. The van der Waals surface area contributed by atoms with Crippen LogP contribution in [-0.2, 0) is 24.8 Å². The predicted octanol–water partition coefficient (Wildman–Crippen LogP) is 3.21. The van der Waals surface area contributed by atoms with Crippen molar-refractivity contribution in [2.24, 2.45) is 0 Å². The smallest absolute Gasteiger partial charge is 0.261 e. The number of ether oxygens (including phenoxy) is 1. The Kier molecular flexibility index (Phi) is 7.48. The van der Waals surface area contributed by atoms with Crippen molar-refractivity contribution in [3.8, 4) is 5.75 Å². The van der Waals surface area contributed by atoms with Crippen molar-refractivity contribution in [3.05, 3.63) is 78.4 Å². The third kappa shape index (κ3) is 6.49. The number of anilines is 3. The number of nitrogens with zero attached hydrogens (tertiary/aromatic N) is 1. The van der Waals surface area contributed by atoms with E-state index in [1.54, 1.807) is 36.4 Å². The quantitative estimate of drug-likeness (QED) is 0.462. The van der Waals surface area contributed by atoms with Crippen LogP contribution in [0.1, 0.15) is 5.56 Å². The first kappa shape index (κ1) is 25.1. The number of rotatable bonds is 9. The number of hydrogen-bond donors (Lipinski definition) is 2. The summed E-state index contributed by atoms with van der Waals surface area (Å²) >= 11 is 0. The molecule has 0 saturated heterocycles. The Hall–Kier alpha value is -3.57. The highest BCUT2D eigenvalue weighted by molar-refractivity contribution is 7.92. The summed E-state index contributed by atoms with van der Waals surface area (Å²) in [7, 11) is -6.12. The average Bonchev–Trinajstić information content (AvgIpc) is 2.77. The van der Waals surface area contributed by atoms with Crippen LogP contribution in [0.4, 0.5) is 17.1 Å². The number of nitrogens with one attached hydrogen (secondary N) is 2. The molecule has 0 spiro atoms. The number of hydrogen-bond acceptors (Lipinski definition) is 6. The van der Waals surface area contributed by atoms with E-state index in [2.05, 4.69) is 10.0 Å². The summed E-state index contributed by atoms with van der Waals surface area (Å²) in [4.78, 5) is 12.6. The zero-order valence-corrected chi connectivity index (χ0v) is 20.5. The minimum atomic E-state index is -3.82. The molecule has 0 saturated carbocycles. The molecule has 0 aliphatic carbocycles. The molecule has 0 bridgehead atoms. The molecule has 34 heavy (non-hydrogen) atoms. The molecule has 3 rings (SSSR count). The summed E-state index contributed by atoms with van der Waals surface area (Å²) in [6.45, 7) is 1.38. The van der Waals surface area contributed by atoms with E-state index in [1.165, 1.54) is 37.4 Å². The van der Waals surface area contributed by atoms with Gasteiger partial charge in [0, 0.05) is 17.4 Å². The van der Waals surface area contributed by atoms with Crippen molar-refractivity contribution in [1.29, 1.82) is 0 Å². The molecule has 0 aliphatic rings. The van der Waals surface area contributed by atoms with Crippen LogP contribution in [0.2, 0.25) is 0 Å². The highest BCUT2D eigenvalue weighted by atomic mass is 32.2. The first-order valence-electron chi connectivity index (χ1n) is 10.1. The van der Waals surface area contributed by atoms with Gasteiger partial charge in [0.05, 0.1) is 23.9 Å². The van der Waals surface area contributed by atoms with Crippen molar-refractivity contribution >= 4 is 43.0 Å². The van der Waals surface area contributed by atoms with Crippen LogP contribution >= 0.6 is 0 Å². The van der Waals surface area contributed by atoms with Crippen molar-refractivity contribution in [3.63, 3.8) is 0 Å². The average molecular weight is 504 g/mol. The molecule has 0 atom stereocenters. The zero-order chi connectivity index (χ0) is 24.9. The number of benzene rings is 3. The van der Waals surface area contributed by atoms with E-state index in [0.717, 1.165) is 16.1 Å². The molecule has 0 unspecified atom stereocenters. The molecular weight excluding hydrogens is 478 g/mol. The van der Waals surface area contributed by atoms with Gasteiger partial charge in [-0.25, -0.2) is 16.8 Å². The van der Waals surface area contributed by atoms with Gasteiger partial charge in [-0.2, -0.15) is 0 Å². The fraction of sp³-hybridized carbons (Fsp3) is 0.174. The Balaban J connectivity index is 1.72. The number of carbonyl (C=O) groups excluding carboxylic acids is 1. The van der Waals surface area contributed by atoms with E-state index >= 15 is 0 Å². The van der Waals surface area contributed by atoms with E-state index in [-0.39, 0.29) is 10.6 Å². The fourth-order valence-electron chi connectivity index (χ4n) is 3.14. The molecule has 180 valence electrons. The molecule has 11 heteroatoms. The van der Waals surface area contributed by atoms with Gasteiger partial charge in [-0.3, -0.25) is 13.8 Å². The summed E-state index contributed by atoms with van der Waals surface area (Å²) in [6.07, 6.45) is 1.00.